The highest BCUT2D eigenvalue weighted by Gasteiger charge is 2.20. The van der Waals surface area contributed by atoms with Crippen molar-refractivity contribution in [3.05, 3.63) is 65.9 Å². The number of para-hydroxylation sites is 1. The molecule has 0 aliphatic carbocycles. The Balaban J connectivity index is 1.62. The average Bonchev–Trinajstić information content (AvgIpc) is 3.26. The molecular formula is C26H34N4O4. The van der Waals surface area contributed by atoms with Gasteiger partial charge in [0, 0.05) is 49.8 Å². The normalized spacial score (nSPS) is 12.0. The lowest BCUT2D eigenvalue weighted by Gasteiger charge is -2.20. The smallest absolute Gasteiger partial charge is 0.234 e. The fourth-order valence-corrected chi connectivity index (χ4v) is 3.94. The van der Waals surface area contributed by atoms with E-state index in [1.165, 1.54) is 0 Å². The third-order valence-corrected chi connectivity index (χ3v) is 5.69. The molecule has 1 unspecified atom stereocenters. The summed E-state index contributed by atoms with van der Waals surface area (Å²) in [5.41, 5.74) is 3.25. The van der Waals surface area contributed by atoms with Crippen molar-refractivity contribution in [3.8, 4) is 5.75 Å². The highest BCUT2D eigenvalue weighted by atomic mass is 16.5. The van der Waals surface area contributed by atoms with Crippen LogP contribution in [-0.4, -0.2) is 75.8 Å². The number of amides is 2. The van der Waals surface area contributed by atoms with E-state index in [9.17, 15) is 9.59 Å². The van der Waals surface area contributed by atoms with Crippen molar-refractivity contribution < 1.29 is 19.1 Å². The maximum Gasteiger partial charge on any atom is 0.234 e. The Hall–Kier alpha value is -3.36. The van der Waals surface area contributed by atoms with Gasteiger partial charge in [0.1, 0.15) is 5.75 Å². The Morgan fingerprint density at radius 3 is 2.41 bits per heavy atom. The number of fused-ring (bicyclic) bond motifs is 1. The quantitative estimate of drug-likeness (QED) is 0.337. The summed E-state index contributed by atoms with van der Waals surface area (Å²) in [6.07, 6.45) is 2.76. The van der Waals surface area contributed by atoms with E-state index in [2.05, 4.69) is 21.7 Å². The second-order valence-electron chi connectivity index (χ2n) is 8.29. The molecule has 34 heavy (non-hydrogen) atoms. The van der Waals surface area contributed by atoms with Crippen molar-refractivity contribution in [2.45, 2.75) is 12.3 Å². The number of nitrogens with zero attached hydrogens (tertiary/aromatic N) is 1. The summed E-state index contributed by atoms with van der Waals surface area (Å²) in [6.45, 7) is 1.88. The number of aromatic nitrogens is 1. The molecule has 0 bridgehead atoms. The maximum atomic E-state index is 12.7. The molecule has 3 N–H and O–H groups in total. The van der Waals surface area contributed by atoms with Crippen molar-refractivity contribution in [3.63, 3.8) is 0 Å². The van der Waals surface area contributed by atoms with E-state index in [-0.39, 0.29) is 30.8 Å². The molecule has 0 aliphatic heterocycles. The van der Waals surface area contributed by atoms with Gasteiger partial charge in [-0.25, -0.2) is 0 Å². The number of aromatic amines is 1. The lowest BCUT2D eigenvalue weighted by molar-refractivity contribution is -0.124. The number of rotatable bonds is 13. The molecule has 182 valence electrons. The standard InChI is InChI=1S/C26H34N4O4/c1-30(17-25(31)27-13-6-14-33-2)18-26(32)29-15-22(19-9-11-20(34-3)12-10-19)23-16-28-24-8-5-4-7-21(23)24/h4-5,7-12,16,22,28H,6,13-15,17-18H2,1-3H3,(H,27,31)(H,29,32). The number of H-pyrrole nitrogens is 1. The molecule has 3 rings (SSSR count). The molecule has 0 saturated carbocycles. The third kappa shape index (κ3) is 7.07. The van der Waals surface area contributed by atoms with Crippen LogP contribution < -0.4 is 15.4 Å². The minimum absolute atomic E-state index is 0.0413. The van der Waals surface area contributed by atoms with Crippen LogP contribution in [0.1, 0.15) is 23.5 Å². The highest BCUT2D eigenvalue weighted by molar-refractivity contribution is 5.85. The van der Waals surface area contributed by atoms with Gasteiger partial charge in [0.25, 0.3) is 0 Å². The summed E-state index contributed by atoms with van der Waals surface area (Å²) in [6, 6.07) is 16.0. The predicted molar refractivity (Wildman–Crippen MR) is 133 cm³/mol. The first kappa shape index (κ1) is 25.3. The second-order valence-corrected chi connectivity index (χ2v) is 8.29. The zero-order valence-electron chi connectivity index (χ0n) is 20.1. The van der Waals surface area contributed by atoms with Gasteiger partial charge in [-0.1, -0.05) is 30.3 Å². The minimum atomic E-state index is -0.131. The molecule has 8 heteroatoms. The molecule has 2 aromatic carbocycles. The lowest BCUT2D eigenvalue weighted by Crippen LogP contribution is -2.42. The molecule has 0 saturated heterocycles. The molecule has 2 amide bonds. The number of likely N-dealkylation sites (N-methyl/N-ethyl adjacent to an activating group) is 1. The van der Waals surface area contributed by atoms with Gasteiger partial charge in [0.05, 0.1) is 20.2 Å². The van der Waals surface area contributed by atoms with Gasteiger partial charge in [-0.2, -0.15) is 0 Å². The fourth-order valence-electron chi connectivity index (χ4n) is 3.94. The number of hydrogen-bond donors (Lipinski definition) is 3. The van der Waals surface area contributed by atoms with Crippen molar-refractivity contribution >= 4 is 22.7 Å². The SMILES string of the molecule is COCCCNC(=O)CN(C)CC(=O)NCC(c1ccc(OC)cc1)c1c[nH]c2ccccc12. The number of carbonyl (C=O) groups excluding carboxylic acids is 2. The number of ether oxygens (including phenoxy) is 2. The number of nitrogens with one attached hydrogen (secondary N) is 3. The Labute approximate surface area is 200 Å². The highest BCUT2D eigenvalue weighted by Crippen LogP contribution is 2.31. The van der Waals surface area contributed by atoms with Gasteiger partial charge in [0.2, 0.25) is 11.8 Å². The summed E-state index contributed by atoms with van der Waals surface area (Å²) in [5.74, 6) is 0.502. The van der Waals surface area contributed by atoms with Crippen molar-refractivity contribution in [1.82, 2.24) is 20.5 Å². The molecule has 1 atom stereocenters. The molecule has 8 nitrogen and oxygen atoms in total. The van der Waals surface area contributed by atoms with Crippen molar-refractivity contribution in [2.75, 3.05) is 54.1 Å². The van der Waals surface area contributed by atoms with E-state index in [1.54, 1.807) is 26.2 Å². The van der Waals surface area contributed by atoms with Crippen LogP contribution in [0.4, 0.5) is 0 Å². The maximum absolute atomic E-state index is 12.7. The van der Waals surface area contributed by atoms with Gasteiger partial charge in [-0.05, 0) is 42.8 Å². The van der Waals surface area contributed by atoms with Gasteiger partial charge in [0.15, 0.2) is 0 Å². The summed E-state index contributed by atoms with van der Waals surface area (Å²) < 4.78 is 10.3. The first-order valence-electron chi connectivity index (χ1n) is 11.4. The van der Waals surface area contributed by atoms with E-state index in [4.69, 9.17) is 9.47 Å². The molecule has 0 spiro atoms. The van der Waals surface area contributed by atoms with Gasteiger partial charge < -0.3 is 25.1 Å². The number of benzene rings is 2. The molecular weight excluding hydrogens is 432 g/mol. The zero-order chi connectivity index (χ0) is 24.3. The zero-order valence-corrected chi connectivity index (χ0v) is 20.1. The molecule has 3 aromatic rings. The molecule has 0 radical (unpaired) electrons. The summed E-state index contributed by atoms with van der Waals surface area (Å²) in [7, 11) is 5.03. The summed E-state index contributed by atoms with van der Waals surface area (Å²) >= 11 is 0. The van der Waals surface area contributed by atoms with Crippen molar-refractivity contribution in [1.29, 1.82) is 0 Å². The van der Waals surface area contributed by atoms with Crippen LogP contribution in [0, 0.1) is 0 Å². The van der Waals surface area contributed by atoms with Crippen LogP contribution in [0.15, 0.2) is 54.7 Å². The van der Waals surface area contributed by atoms with Crippen LogP contribution in [0.3, 0.4) is 0 Å². The van der Waals surface area contributed by atoms with Gasteiger partial charge in [-0.3, -0.25) is 14.5 Å². The number of methoxy groups -OCH3 is 2. The van der Waals surface area contributed by atoms with Crippen LogP contribution in [-0.2, 0) is 14.3 Å². The Morgan fingerprint density at radius 1 is 1.00 bits per heavy atom. The number of hydrogen-bond acceptors (Lipinski definition) is 5. The molecule has 1 aromatic heterocycles. The number of carbonyl (C=O) groups is 2. The average molecular weight is 467 g/mol. The molecule has 0 aliphatic rings. The first-order valence-corrected chi connectivity index (χ1v) is 11.4. The third-order valence-electron chi connectivity index (χ3n) is 5.69. The Morgan fingerprint density at radius 2 is 1.71 bits per heavy atom. The molecule has 1 heterocycles. The second kappa shape index (κ2) is 12.8. The minimum Gasteiger partial charge on any atom is -0.497 e. The van der Waals surface area contributed by atoms with E-state index < -0.39 is 0 Å². The van der Waals surface area contributed by atoms with E-state index >= 15 is 0 Å². The first-order chi connectivity index (χ1) is 16.5. The Bertz CT molecular complexity index is 1060. The van der Waals surface area contributed by atoms with Gasteiger partial charge >= 0.3 is 0 Å². The van der Waals surface area contributed by atoms with E-state index in [1.807, 2.05) is 48.7 Å². The summed E-state index contributed by atoms with van der Waals surface area (Å²) in [4.78, 5) is 29.7. The van der Waals surface area contributed by atoms with Crippen LogP contribution in [0.5, 0.6) is 5.75 Å². The van der Waals surface area contributed by atoms with Crippen LogP contribution in [0.25, 0.3) is 10.9 Å². The monoisotopic (exact) mass is 466 g/mol. The Kier molecular flexibility index (Phi) is 9.49. The predicted octanol–water partition coefficient (Wildman–Crippen LogP) is 2.51. The fraction of sp³-hybridized carbons (Fsp3) is 0.385. The van der Waals surface area contributed by atoms with E-state index in [0.29, 0.717) is 19.7 Å². The van der Waals surface area contributed by atoms with Gasteiger partial charge in [-0.15, -0.1) is 0 Å². The van der Waals surface area contributed by atoms with E-state index in [0.717, 1.165) is 34.2 Å². The summed E-state index contributed by atoms with van der Waals surface area (Å²) in [5, 5.41) is 7.01. The van der Waals surface area contributed by atoms with Crippen molar-refractivity contribution in [2.24, 2.45) is 0 Å². The topological polar surface area (TPSA) is 95.7 Å². The molecule has 0 fully saturated rings. The van der Waals surface area contributed by atoms with Crippen LogP contribution in [0.2, 0.25) is 0 Å². The van der Waals surface area contributed by atoms with Crippen LogP contribution >= 0.6 is 0 Å². The lowest BCUT2D eigenvalue weighted by atomic mass is 9.90. The largest absolute Gasteiger partial charge is 0.497 e.